The molecule has 0 aromatic carbocycles. The number of imidazole rings is 1. The molecule has 1 aliphatic heterocycles. The lowest BCUT2D eigenvalue weighted by molar-refractivity contribution is -0.133. The first-order valence-electron chi connectivity index (χ1n) is 9.52. The molecule has 2 aromatic heterocycles. The monoisotopic (exact) mass is 371 g/mol. The second-order valence-electron chi connectivity index (χ2n) is 7.18. The summed E-state index contributed by atoms with van der Waals surface area (Å²) in [6, 6.07) is 4.05. The Kier molecular flexibility index (Phi) is 6.95. The Morgan fingerprint density at radius 1 is 1.33 bits per heavy atom. The minimum absolute atomic E-state index is 0.186. The van der Waals surface area contributed by atoms with Crippen molar-refractivity contribution in [3.05, 3.63) is 48.3 Å². The van der Waals surface area contributed by atoms with Crippen molar-refractivity contribution in [2.75, 3.05) is 46.9 Å². The van der Waals surface area contributed by atoms with Crippen LogP contribution in [0.25, 0.3) is 0 Å². The Hall–Kier alpha value is -2.25. The molecule has 0 spiro atoms. The molecule has 0 N–H and O–H groups in total. The molecule has 3 heterocycles. The van der Waals surface area contributed by atoms with Crippen LogP contribution in [0.4, 0.5) is 0 Å². The smallest absolute Gasteiger partial charge is 0.236 e. The van der Waals surface area contributed by atoms with Crippen molar-refractivity contribution in [3.8, 4) is 0 Å². The molecule has 27 heavy (non-hydrogen) atoms. The molecule has 146 valence electrons. The van der Waals surface area contributed by atoms with Crippen molar-refractivity contribution in [1.82, 2.24) is 24.3 Å². The highest BCUT2D eigenvalue weighted by Crippen LogP contribution is 2.26. The van der Waals surface area contributed by atoms with Gasteiger partial charge in [0.05, 0.1) is 13.2 Å². The van der Waals surface area contributed by atoms with Crippen molar-refractivity contribution >= 4 is 5.91 Å². The van der Waals surface area contributed by atoms with Crippen LogP contribution in [0.15, 0.2) is 36.9 Å². The van der Waals surface area contributed by atoms with E-state index in [1.54, 1.807) is 7.11 Å². The first-order valence-corrected chi connectivity index (χ1v) is 9.52. The van der Waals surface area contributed by atoms with Gasteiger partial charge in [0.15, 0.2) is 0 Å². The van der Waals surface area contributed by atoms with E-state index in [4.69, 9.17) is 4.74 Å². The minimum atomic E-state index is 0.186. The van der Waals surface area contributed by atoms with Gasteiger partial charge in [-0.05, 0) is 37.6 Å². The van der Waals surface area contributed by atoms with Crippen molar-refractivity contribution < 1.29 is 9.53 Å². The lowest BCUT2D eigenvalue weighted by Crippen LogP contribution is -2.44. The number of rotatable bonds is 8. The third kappa shape index (κ3) is 5.37. The van der Waals surface area contributed by atoms with Crippen LogP contribution in [0, 0.1) is 0 Å². The van der Waals surface area contributed by atoms with Crippen LogP contribution in [-0.4, -0.2) is 77.2 Å². The van der Waals surface area contributed by atoms with E-state index >= 15 is 0 Å². The number of carbonyl (C=O) groups is 1. The van der Waals surface area contributed by atoms with Gasteiger partial charge in [-0.15, -0.1) is 0 Å². The van der Waals surface area contributed by atoms with Crippen LogP contribution in [0.5, 0.6) is 0 Å². The molecule has 7 heteroatoms. The molecule has 1 atom stereocenters. The van der Waals surface area contributed by atoms with E-state index in [0.717, 1.165) is 44.8 Å². The lowest BCUT2D eigenvalue weighted by Gasteiger charge is -2.33. The van der Waals surface area contributed by atoms with Crippen LogP contribution in [0.1, 0.15) is 30.1 Å². The van der Waals surface area contributed by atoms with Crippen LogP contribution in [-0.2, 0) is 16.1 Å². The number of hydrogen-bond donors (Lipinski definition) is 0. The molecule has 2 aromatic rings. The largest absolute Gasteiger partial charge is 0.383 e. The maximum Gasteiger partial charge on any atom is 0.236 e. The van der Waals surface area contributed by atoms with Crippen LogP contribution in [0.3, 0.4) is 0 Å². The molecule has 0 radical (unpaired) electrons. The lowest BCUT2D eigenvalue weighted by atomic mass is 9.97. The molecular formula is C20H29N5O2. The molecule has 1 aliphatic rings. The number of pyridine rings is 1. The van der Waals surface area contributed by atoms with Gasteiger partial charge in [-0.2, -0.15) is 0 Å². The minimum Gasteiger partial charge on any atom is -0.383 e. The number of aromatic nitrogens is 3. The van der Waals surface area contributed by atoms with E-state index in [1.165, 1.54) is 5.56 Å². The number of piperidine rings is 1. The van der Waals surface area contributed by atoms with E-state index in [-0.39, 0.29) is 11.8 Å². The maximum absolute atomic E-state index is 12.7. The zero-order valence-corrected chi connectivity index (χ0v) is 16.3. The van der Waals surface area contributed by atoms with Gasteiger partial charge in [-0.1, -0.05) is 0 Å². The van der Waals surface area contributed by atoms with Gasteiger partial charge in [-0.25, -0.2) is 4.98 Å². The molecule has 0 aliphatic carbocycles. The summed E-state index contributed by atoms with van der Waals surface area (Å²) >= 11 is 0. The van der Waals surface area contributed by atoms with E-state index in [9.17, 15) is 4.79 Å². The molecule has 0 bridgehead atoms. The molecule has 1 saturated heterocycles. The van der Waals surface area contributed by atoms with E-state index < -0.39 is 0 Å². The standard InChI is InChI=1S/C20H29N5O2/c1-23(12-13-27-2)16-19(26)24-10-3-4-18(15-24)20-22-9-11-25(20)14-17-5-7-21-8-6-17/h5-9,11,18H,3-4,10,12-16H2,1-2H3. The molecule has 7 nitrogen and oxygen atoms in total. The number of amides is 1. The highest BCUT2D eigenvalue weighted by Gasteiger charge is 2.27. The normalized spacial score (nSPS) is 17.4. The Labute approximate surface area is 161 Å². The number of carbonyl (C=O) groups excluding carboxylic acids is 1. The number of likely N-dealkylation sites (N-methyl/N-ethyl adjacent to an activating group) is 1. The fraction of sp³-hybridized carbons (Fsp3) is 0.550. The topological polar surface area (TPSA) is 63.5 Å². The van der Waals surface area contributed by atoms with Gasteiger partial charge < -0.3 is 14.2 Å². The van der Waals surface area contributed by atoms with Crippen molar-refractivity contribution in [3.63, 3.8) is 0 Å². The van der Waals surface area contributed by atoms with Crippen LogP contribution in [0.2, 0.25) is 0 Å². The van der Waals surface area contributed by atoms with E-state index in [0.29, 0.717) is 13.2 Å². The molecule has 3 rings (SSSR count). The van der Waals surface area contributed by atoms with Gasteiger partial charge in [0.1, 0.15) is 5.82 Å². The van der Waals surface area contributed by atoms with Crippen molar-refractivity contribution in [2.45, 2.75) is 25.3 Å². The summed E-state index contributed by atoms with van der Waals surface area (Å²) in [7, 11) is 3.64. The Morgan fingerprint density at radius 2 is 2.15 bits per heavy atom. The van der Waals surface area contributed by atoms with Gasteiger partial charge in [0, 0.05) is 64.0 Å². The number of ether oxygens (including phenoxy) is 1. The first-order chi connectivity index (χ1) is 13.2. The number of nitrogens with zero attached hydrogens (tertiary/aromatic N) is 5. The second kappa shape index (κ2) is 9.62. The van der Waals surface area contributed by atoms with Gasteiger partial charge in [-0.3, -0.25) is 14.7 Å². The summed E-state index contributed by atoms with van der Waals surface area (Å²) < 4.78 is 7.28. The third-order valence-corrected chi connectivity index (χ3v) is 5.07. The van der Waals surface area contributed by atoms with Gasteiger partial charge in [0.25, 0.3) is 0 Å². The summed E-state index contributed by atoms with van der Waals surface area (Å²) in [6.07, 6.45) is 9.59. The number of likely N-dealkylation sites (tertiary alicyclic amines) is 1. The zero-order chi connectivity index (χ0) is 19.1. The summed E-state index contributed by atoms with van der Waals surface area (Å²) in [6.45, 7) is 4.18. The number of methoxy groups -OCH3 is 1. The van der Waals surface area contributed by atoms with E-state index in [2.05, 4.69) is 14.5 Å². The predicted octanol–water partition coefficient (Wildman–Crippen LogP) is 1.61. The molecule has 1 fully saturated rings. The summed E-state index contributed by atoms with van der Waals surface area (Å²) in [5.41, 5.74) is 1.20. The Balaban J connectivity index is 1.61. The molecule has 1 unspecified atom stereocenters. The summed E-state index contributed by atoms with van der Waals surface area (Å²) in [5, 5.41) is 0. The summed E-state index contributed by atoms with van der Waals surface area (Å²) in [4.78, 5) is 25.4. The molecule has 0 saturated carbocycles. The number of hydrogen-bond acceptors (Lipinski definition) is 5. The fourth-order valence-corrected chi connectivity index (χ4v) is 3.57. The molecular weight excluding hydrogens is 342 g/mol. The quantitative estimate of drug-likeness (QED) is 0.705. The zero-order valence-electron chi connectivity index (χ0n) is 16.3. The average molecular weight is 371 g/mol. The highest BCUT2D eigenvalue weighted by atomic mass is 16.5. The average Bonchev–Trinajstić information content (AvgIpc) is 3.15. The first kappa shape index (κ1) is 19.5. The predicted molar refractivity (Wildman–Crippen MR) is 103 cm³/mol. The second-order valence-corrected chi connectivity index (χ2v) is 7.18. The Bertz CT molecular complexity index is 718. The fourth-order valence-electron chi connectivity index (χ4n) is 3.57. The van der Waals surface area contributed by atoms with Crippen molar-refractivity contribution in [1.29, 1.82) is 0 Å². The van der Waals surface area contributed by atoms with Crippen LogP contribution >= 0.6 is 0 Å². The summed E-state index contributed by atoms with van der Waals surface area (Å²) in [5.74, 6) is 1.53. The third-order valence-electron chi connectivity index (χ3n) is 5.07. The molecule has 1 amide bonds. The van der Waals surface area contributed by atoms with Crippen LogP contribution < -0.4 is 0 Å². The van der Waals surface area contributed by atoms with Crippen molar-refractivity contribution in [2.24, 2.45) is 0 Å². The van der Waals surface area contributed by atoms with Gasteiger partial charge in [0.2, 0.25) is 5.91 Å². The Morgan fingerprint density at radius 3 is 2.93 bits per heavy atom. The maximum atomic E-state index is 12.7. The van der Waals surface area contributed by atoms with E-state index in [1.807, 2.05) is 53.8 Å². The SMILES string of the molecule is COCCN(C)CC(=O)N1CCCC(c2nccn2Cc2ccncc2)C1. The highest BCUT2D eigenvalue weighted by molar-refractivity contribution is 5.78. The van der Waals surface area contributed by atoms with Gasteiger partial charge >= 0.3 is 0 Å².